The van der Waals surface area contributed by atoms with Gasteiger partial charge in [0.1, 0.15) is 12.1 Å². The van der Waals surface area contributed by atoms with Gasteiger partial charge in [-0.05, 0) is 25.0 Å². The van der Waals surface area contributed by atoms with E-state index >= 15 is 0 Å². The fraction of sp³-hybridized carbons (Fsp3) is 0.353. The summed E-state index contributed by atoms with van der Waals surface area (Å²) < 4.78 is 0. The average Bonchev–Trinajstić information content (AvgIpc) is 2.56. The number of carbonyl (C=O) groups is 1. The minimum absolute atomic E-state index is 0. The normalized spacial score (nSPS) is 17.9. The van der Waals surface area contributed by atoms with Crippen LogP contribution in [0.2, 0.25) is 5.02 Å². The van der Waals surface area contributed by atoms with Gasteiger partial charge in [-0.3, -0.25) is 4.79 Å². The Morgan fingerprint density at radius 1 is 1.19 bits per heavy atom. The number of benzene rings is 1. The van der Waals surface area contributed by atoms with Crippen molar-refractivity contribution >= 4 is 48.1 Å². The second-order valence-corrected chi connectivity index (χ2v) is 6.33. The van der Waals surface area contributed by atoms with E-state index in [4.69, 9.17) is 17.3 Å². The molecule has 0 bridgehead atoms. The number of nitrogens with one attached hydrogen (secondary N) is 2. The lowest BCUT2D eigenvalue weighted by Gasteiger charge is -2.31. The van der Waals surface area contributed by atoms with Gasteiger partial charge in [0.25, 0.3) is 5.91 Å². The fourth-order valence-corrected chi connectivity index (χ4v) is 2.92. The molecule has 0 unspecified atom stereocenters. The minimum atomic E-state index is -0.186. The van der Waals surface area contributed by atoms with Gasteiger partial charge in [0.15, 0.2) is 0 Å². The van der Waals surface area contributed by atoms with E-state index in [1.807, 2.05) is 6.07 Å². The van der Waals surface area contributed by atoms with Crippen molar-refractivity contribution in [3.63, 3.8) is 0 Å². The number of carbonyl (C=O) groups excluding carboxylic acids is 1. The Balaban J connectivity index is 0.00000169. The maximum atomic E-state index is 12.0. The summed E-state index contributed by atoms with van der Waals surface area (Å²) in [6.45, 7) is 1.04. The van der Waals surface area contributed by atoms with Crippen LogP contribution in [-0.2, 0) is 0 Å². The highest BCUT2D eigenvalue weighted by molar-refractivity contribution is 6.33. The predicted molar refractivity (Wildman–Crippen MR) is 109 cm³/mol. The van der Waals surface area contributed by atoms with Crippen LogP contribution in [0, 0.1) is 0 Å². The van der Waals surface area contributed by atoms with Crippen LogP contribution in [0.1, 0.15) is 34.8 Å². The van der Waals surface area contributed by atoms with E-state index < -0.39 is 0 Å². The summed E-state index contributed by atoms with van der Waals surface area (Å²) >= 11 is 6.00. The van der Waals surface area contributed by atoms with E-state index in [0.717, 1.165) is 24.4 Å². The Morgan fingerprint density at radius 2 is 1.92 bits per heavy atom. The van der Waals surface area contributed by atoms with Crippen molar-refractivity contribution in [1.29, 1.82) is 0 Å². The van der Waals surface area contributed by atoms with E-state index in [2.05, 4.69) is 20.6 Å². The lowest BCUT2D eigenvalue weighted by molar-refractivity contribution is 0.0955. The summed E-state index contributed by atoms with van der Waals surface area (Å²) in [6, 6.07) is 9.22. The van der Waals surface area contributed by atoms with Gasteiger partial charge in [0.2, 0.25) is 0 Å². The molecular weight excluding hydrogens is 397 g/mol. The lowest BCUT2D eigenvalue weighted by atomic mass is 9.79. The van der Waals surface area contributed by atoms with Gasteiger partial charge in [-0.2, -0.15) is 0 Å². The highest BCUT2D eigenvalue weighted by Crippen LogP contribution is 2.34. The Hall–Kier alpha value is -1.60. The summed E-state index contributed by atoms with van der Waals surface area (Å²) in [7, 11) is 0. The fourth-order valence-electron chi connectivity index (χ4n) is 2.70. The van der Waals surface area contributed by atoms with Crippen LogP contribution in [-0.4, -0.2) is 35.0 Å². The zero-order valence-corrected chi connectivity index (χ0v) is 16.4. The van der Waals surface area contributed by atoms with Crippen molar-refractivity contribution < 1.29 is 4.79 Å². The molecule has 0 atom stereocenters. The van der Waals surface area contributed by atoms with Crippen LogP contribution < -0.4 is 16.4 Å². The first-order valence-electron chi connectivity index (χ1n) is 7.97. The number of rotatable bonds is 6. The van der Waals surface area contributed by atoms with Crippen LogP contribution in [0.5, 0.6) is 0 Å². The molecule has 1 saturated carbocycles. The molecule has 1 aromatic carbocycles. The van der Waals surface area contributed by atoms with Crippen molar-refractivity contribution in [3.8, 4) is 0 Å². The molecule has 26 heavy (non-hydrogen) atoms. The highest BCUT2D eigenvalue weighted by atomic mass is 35.5. The number of nitrogens with zero attached hydrogens (tertiary/aromatic N) is 2. The minimum Gasteiger partial charge on any atom is -0.368 e. The van der Waals surface area contributed by atoms with Gasteiger partial charge < -0.3 is 16.4 Å². The number of aromatic nitrogens is 2. The molecule has 0 spiro atoms. The average molecular weight is 419 g/mol. The van der Waals surface area contributed by atoms with E-state index in [0.29, 0.717) is 35.6 Å². The standard InChI is InChI=1S/C17H20ClN5O.2ClH/c18-14-4-2-1-3-13(14)17(24)21-6-5-20-16-9-15(22-10-23-16)11-7-12(19)8-11;;/h1-4,9-12H,5-8,19H2,(H,21,24)(H,20,22,23);2*1H. The summed E-state index contributed by atoms with van der Waals surface area (Å²) in [4.78, 5) is 20.5. The molecule has 1 aliphatic rings. The van der Waals surface area contributed by atoms with Crippen molar-refractivity contribution in [2.45, 2.75) is 24.8 Å². The third kappa shape index (κ3) is 5.71. The van der Waals surface area contributed by atoms with Gasteiger partial charge in [-0.1, -0.05) is 23.7 Å². The van der Waals surface area contributed by atoms with E-state index in [-0.39, 0.29) is 30.7 Å². The van der Waals surface area contributed by atoms with Crippen LogP contribution in [0.15, 0.2) is 36.7 Å². The Kier molecular flexibility index (Phi) is 9.08. The Morgan fingerprint density at radius 3 is 2.62 bits per heavy atom. The maximum absolute atomic E-state index is 12.0. The molecule has 0 saturated heterocycles. The second kappa shape index (κ2) is 10.5. The molecule has 1 aromatic heterocycles. The van der Waals surface area contributed by atoms with Gasteiger partial charge in [-0.15, -0.1) is 24.8 Å². The number of amides is 1. The molecular formula is C17H22Cl3N5O. The second-order valence-electron chi connectivity index (χ2n) is 5.92. The predicted octanol–water partition coefficient (Wildman–Crippen LogP) is 3.02. The first-order chi connectivity index (χ1) is 11.6. The molecule has 1 amide bonds. The van der Waals surface area contributed by atoms with E-state index in [9.17, 15) is 4.79 Å². The summed E-state index contributed by atoms with van der Waals surface area (Å²) in [5, 5.41) is 6.47. The first kappa shape index (κ1) is 22.4. The lowest BCUT2D eigenvalue weighted by Crippen LogP contribution is -2.35. The molecule has 0 radical (unpaired) electrons. The summed E-state index contributed by atoms with van der Waals surface area (Å²) in [5.74, 6) is 1.00. The molecule has 9 heteroatoms. The molecule has 142 valence electrons. The maximum Gasteiger partial charge on any atom is 0.252 e. The van der Waals surface area contributed by atoms with Gasteiger partial charge in [-0.25, -0.2) is 9.97 Å². The van der Waals surface area contributed by atoms with E-state index in [1.165, 1.54) is 0 Å². The Labute approximate surface area is 170 Å². The van der Waals surface area contributed by atoms with Crippen molar-refractivity contribution in [1.82, 2.24) is 15.3 Å². The van der Waals surface area contributed by atoms with Crippen LogP contribution >= 0.6 is 36.4 Å². The van der Waals surface area contributed by atoms with Crippen LogP contribution in [0.25, 0.3) is 0 Å². The number of anilines is 1. The molecule has 4 N–H and O–H groups in total. The largest absolute Gasteiger partial charge is 0.368 e. The third-order valence-electron chi connectivity index (χ3n) is 4.12. The van der Waals surface area contributed by atoms with Gasteiger partial charge in [0, 0.05) is 36.8 Å². The van der Waals surface area contributed by atoms with Crippen molar-refractivity contribution in [3.05, 3.63) is 52.9 Å². The zero-order chi connectivity index (χ0) is 16.9. The quantitative estimate of drug-likeness (QED) is 0.627. The van der Waals surface area contributed by atoms with Gasteiger partial charge >= 0.3 is 0 Å². The molecule has 1 heterocycles. The molecule has 0 aliphatic heterocycles. The third-order valence-corrected chi connectivity index (χ3v) is 4.45. The first-order valence-corrected chi connectivity index (χ1v) is 8.35. The molecule has 6 nitrogen and oxygen atoms in total. The molecule has 1 fully saturated rings. The van der Waals surface area contributed by atoms with E-state index in [1.54, 1.807) is 30.6 Å². The Bertz CT molecular complexity index is 725. The number of hydrogen-bond donors (Lipinski definition) is 3. The molecule has 2 aromatic rings. The smallest absolute Gasteiger partial charge is 0.252 e. The highest BCUT2D eigenvalue weighted by Gasteiger charge is 2.28. The number of halogens is 3. The topological polar surface area (TPSA) is 92.9 Å². The molecule has 1 aliphatic carbocycles. The zero-order valence-electron chi connectivity index (χ0n) is 14.0. The SMILES string of the molecule is Cl.Cl.NC1CC(c2cc(NCCNC(=O)c3ccccc3Cl)ncn2)C1. The monoisotopic (exact) mass is 417 g/mol. The van der Waals surface area contributed by atoms with Crippen molar-refractivity contribution in [2.24, 2.45) is 5.73 Å². The van der Waals surface area contributed by atoms with Crippen molar-refractivity contribution in [2.75, 3.05) is 18.4 Å². The van der Waals surface area contributed by atoms with Crippen LogP contribution in [0.4, 0.5) is 5.82 Å². The molecule has 3 rings (SSSR count). The number of hydrogen-bond acceptors (Lipinski definition) is 5. The summed E-state index contributed by atoms with van der Waals surface area (Å²) in [6.07, 6.45) is 3.51. The van der Waals surface area contributed by atoms with Crippen LogP contribution in [0.3, 0.4) is 0 Å². The number of nitrogens with two attached hydrogens (primary N) is 1. The van der Waals surface area contributed by atoms with Gasteiger partial charge in [0.05, 0.1) is 10.6 Å². The summed E-state index contributed by atoms with van der Waals surface area (Å²) in [5.41, 5.74) is 7.32.